The molecule has 1 aliphatic rings. The highest BCUT2D eigenvalue weighted by Gasteiger charge is 2.21. The average molecular weight is 429 g/mol. The number of pyridine rings is 1. The fraction of sp³-hybridized carbons (Fsp3) is 0.478. The molecule has 1 aromatic carbocycles. The minimum absolute atomic E-state index is 0.658. The summed E-state index contributed by atoms with van der Waals surface area (Å²) in [6, 6.07) is 12.2. The van der Waals surface area contributed by atoms with Gasteiger partial charge in [0.25, 0.3) is 0 Å². The molecule has 7 heteroatoms. The summed E-state index contributed by atoms with van der Waals surface area (Å²) in [5.74, 6) is 1.59. The van der Waals surface area contributed by atoms with Crippen LogP contribution >= 0.6 is 12.1 Å². The first-order valence-corrected chi connectivity index (χ1v) is 11.4. The van der Waals surface area contributed by atoms with Crippen LogP contribution in [-0.2, 0) is 0 Å². The molecule has 1 aliphatic heterocycles. The number of aromatic nitrogens is 1. The second-order valence-electron chi connectivity index (χ2n) is 7.18. The number of unbranched alkanes of at least 4 members (excludes halogenated alkanes) is 2. The Kier molecular flexibility index (Phi) is 9.31. The Morgan fingerprint density at radius 1 is 1.13 bits per heavy atom. The van der Waals surface area contributed by atoms with E-state index >= 15 is 0 Å². The fourth-order valence-electron chi connectivity index (χ4n) is 3.12. The molecule has 162 valence electrons. The normalized spacial score (nSPS) is 14.5. The molecule has 6 nitrogen and oxygen atoms in total. The quantitative estimate of drug-likeness (QED) is 0.274. The fourth-order valence-corrected chi connectivity index (χ4v) is 4.15. The van der Waals surface area contributed by atoms with Gasteiger partial charge in [0, 0.05) is 56.8 Å². The summed E-state index contributed by atoms with van der Waals surface area (Å²) >= 11 is 1.79. The standard InChI is InChI=1S/C23H32N4O2S/c1-3-12-24-19-20-7-9-22(10-8-20)29-17-6-4-5-14-26-15-16-27(30-26)21-11-13-25-23(18-21)28-2/h7-11,13,18-19H,3-6,12,14-17H2,1-2H3/b24-19+. The van der Waals surface area contributed by atoms with E-state index in [1.165, 1.54) is 12.8 Å². The predicted octanol–water partition coefficient (Wildman–Crippen LogP) is 4.85. The molecule has 0 saturated carbocycles. The zero-order valence-electron chi connectivity index (χ0n) is 18.0. The van der Waals surface area contributed by atoms with E-state index in [2.05, 4.69) is 37.6 Å². The smallest absolute Gasteiger partial charge is 0.215 e. The van der Waals surface area contributed by atoms with Gasteiger partial charge >= 0.3 is 0 Å². The highest BCUT2D eigenvalue weighted by molar-refractivity contribution is 7.98. The maximum atomic E-state index is 5.87. The number of hydrogen-bond donors (Lipinski definition) is 0. The molecule has 0 atom stereocenters. The van der Waals surface area contributed by atoms with Crippen LogP contribution in [0.3, 0.4) is 0 Å². The lowest BCUT2D eigenvalue weighted by atomic mass is 10.2. The van der Waals surface area contributed by atoms with Crippen molar-refractivity contribution in [2.24, 2.45) is 4.99 Å². The molecule has 0 aliphatic carbocycles. The summed E-state index contributed by atoms with van der Waals surface area (Å²) in [6.45, 7) is 6.95. The molecule has 3 rings (SSSR count). The molecule has 0 unspecified atom stereocenters. The van der Waals surface area contributed by atoms with E-state index in [1.54, 1.807) is 25.4 Å². The minimum atomic E-state index is 0.658. The monoisotopic (exact) mass is 428 g/mol. The van der Waals surface area contributed by atoms with E-state index in [0.717, 1.165) is 62.6 Å². The Bertz CT molecular complexity index is 785. The molecule has 0 amide bonds. The Morgan fingerprint density at radius 3 is 2.80 bits per heavy atom. The Labute approximate surface area is 184 Å². The summed E-state index contributed by atoms with van der Waals surface area (Å²) in [4.78, 5) is 8.54. The number of rotatable bonds is 12. The molecule has 1 aromatic heterocycles. The highest BCUT2D eigenvalue weighted by Crippen LogP contribution is 2.31. The van der Waals surface area contributed by atoms with Gasteiger partial charge in [-0.2, -0.15) is 0 Å². The van der Waals surface area contributed by atoms with Gasteiger partial charge in [0.15, 0.2) is 0 Å². The van der Waals surface area contributed by atoms with Crippen LogP contribution in [0.25, 0.3) is 0 Å². The van der Waals surface area contributed by atoms with Crippen LogP contribution in [0, 0.1) is 0 Å². The maximum Gasteiger partial charge on any atom is 0.215 e. The molecule has 1 saturated heterocycles. The summed E-state index contributed by atoms with van der Waals surface area (Å²) in [5.41, 5.74) is 2.27. The number of methoxy groups -OCH3 is 1. The van der Waals surface area contributed by atoms with E-state index in [9.17, 15) is 0 Å². The zero-order chi connectivity index (χ0) is 21.0. The third kappa shape index (κ3) is 7.22. The van der Waals surface area contributed by atoms with Crippen molar-refractivity contribution in [1.29, 1.82) is 0 Å². The number of anilines is 1. The Hall–Kier alpha value is -2.25. The van der Waals surface area contributed by atoms with E-state index < -0.39 is 0 Å². The molecular formula is C23H32N4O2S. The molecule has 30 heavy (non-hydrogen) atoms. The van der Waals surface area contributed by atoms with Crippen molar-refractivity contribution in [3.8, 4) is 11.6 Å². The number of nitrogens with zero attached hydrogens (tertiary/aromatic N) is 4. The van der Waals surface area contributed by atoms with E-state index in [4.69, 9.17) is 9.47 Å². The van der Waals surface area contributed by atoms with E-state index in [-0.39, 0.29) is 0 Å². The van der Waals surface area contributed by atoms with Crippen molar-refractivity contribution in [1.82, 2.24) is 9.29 Å². The first-order chi connectivity index (χ1) is 14.8. The van der Waals surface area contributed by atoms with Crippen molar-refractivity contribution >= 4 is 24.0 Å². The predicted molar refractivity (Wildman–Crippen MR) is 126 cm³/mol. The van der Waals surface area contributed by atoms with Crippen LogP contribution in [0.2, 0.25) is 0 Å². The van der Waals surface area contributed by atoms with Gasteiger partial charge in [-0.15, -0.1) is 0 Å². The van der Waals surface area contributed by atoms with Crippen LogP contribution in [0.4, 0.5) is 5.69 Å². The van der Waals surface area contributed by atoms with Crippen molar-refractivity contribution in [3.05, 3.63) is 48.2 Å². The average Bonchev–Trinajstić information content (AvgIpc) is 3.26. The van der Waals surface area contributed by atoms with Crippen LogP contribution in [0.1, 0.15) is 38.2 Å². The van der Waals surface area contributed by atoms with E-state index in [0.29, 0.717) is 5.88 Å². The SMILES string of the molecule is CCC/N=C/c1ccc(OCCCCCN2CCN(c3ccnc(OC)c3)S2)cc1. The lowest BCUT2D eigenvalue weighted by molar-refractivity contribution is 0.303. The zero-order valence-corrected chi connectivity index (χ0v) is 18.8. The Balaban J connectivity index is 1.28. The van der Waals surface area contributed by atoms with Gasteiger partial charge in [0.05, 0.1) is 19.4 Å². The highest BCUT2D eigenvalue weighted by atomic mass is 32.2. The van der Waals surface area contributed by atoms with Gasteiger partial charge in [-0.05, 0) is 61.6 Å². The summed E-state index contributed by atoms with van der Waals surface area (Å²) < 4.78 is 15.8. The van der Waals surface area contributed by atoms with Crippen LogP contribution in [0.15, 0.2) is 47.6 Å². The molecule has 0 bridgehead atoms. The molecule has 0 N–H and O–H groups in total. The van der Waals surface area contributed by atoms with Gasteiger partial charge in [-0.3, -0.25) is 4.99 Å². The van der Waals surface area contributed by atoms with Crippen molar-refractivity contribution in [3.63, 3.8) is 0 Å². The molecule has 2 aromatic rings. The van der Waals surface area contributed by atoms with Crippen molar-refractivity contribution in [2.75, 3.05) is 44.2 Å². The summed E-state index contributed by atoms with van der Waals surface area (Å²) in [5, 5.41) is 0. The molecule has 1 fully saturated rings. The summed E-state index contributed by atoms with van der Waals surface area (Å²) in [6.07, 6.45) is 8.22. The van der Waals surface area contributed by atoms with Gasteiger partial charge in [0.2, 0.25) is 5.88 Å². The van der Waals surface area contributed by atoms with Crippen molar-refractivity contribution in [2.45, 2.75) is 32.6 Å². The molecular weight excluding hydrogens is 396 g/mol. The molecule has 2 heterocycles. The number of hydrogen-bond acceptors (Lipinski definition) is 7. The second-order valence-corrected chi connectivity index (χ2v) is 8.30. The third-order valence-electron chi connectivity index (χ3n) is 4.78. The lowest BCUT2D eigenvalue weighted by Gasteiger charge is -2.18. The lowest BCUT2D eigenvalue weighted by Crippen LogP contribution is -2.14. The van der Waals surface area contributed by atoms with Crippen LogP contribution in [0.5, 0.6) is 11.6 Å². The first kappa shape index (κ1) is 22.4. The Morgan fingerprint density at radius 2 is 2.00 bits per heavy atom. The molecule has 0 spiro atoms. The van der Waals surface area contributed by atoms with Crippen LogP contribution in [-0.4, -0.2) is 55.4 Å². The van der Waals surface area contributed by atoms with E-state index in [1.807, 2.05) is 30.5 Å². The van der Waals surface area contributed by atoms with Gasteiger partial charge in [-0.25, -0.2) is 9.29 Å². The maximum absolute atomic E-state index is 5.87. The minimum Gasteiger partial charge on any atom is -0.494 e. The van der Waals surface area contributed by atoms with Gasteiger partial charge in [0.1, 0.15) is 5.75 Å². The second kappa shape index (κ2) is 12.4. The van der Waals surface area contributed by atoms with Crippen molar-refractivity contribution < 1.29 is 9.47 Å². The number of aliphatic imine (C=N–C) groups is 1. The van der Waals surface area contributed by atoms with Crippen LogP contribution < -0.4 is 13.8 Å². The number of ether oxygens (including phenoxy) is 2. The third-order valence-corrected chi connectivity index (χ3v) is 5.96. The molecule has 0 radical (unpaired) electrons. The summed E-state index contributed by atoms with van der Waals surface area (Å²) in [7, 11) is 1.65. The largest absolute Gasteiger partial charge is 0.494 e. The van der Waals surface area contributed by atoms with Gasteiger partial charge < -0.3 is 13.8 Å². The topological polar surface area (TPSA) is 50.2 Å². The van der Waals surface area contributed by atoms with Gasteiger partial charge in [-0.1, -0.05) is 6.92 Å². The number of benzene rings is 1. The first-order valence-electron chi connectivity index (χ1n) is 10.7.